The minimum absolute atomic E-state index is 0.350. The molecule has 4 unspecified atom stereocenters. The third-order valence-corrected chi connectivity index (χ3v) is 4.32. The van der Waals surface area contributed by atoms with Crippen LogP contribution in [-0.4, -0.2) is 30.1 Å². The maximum atomic E-state index is 6.22. The smallest absolute Gasteiger partial charge is 0.0193 e. The highest BCUT2D eigenvalue weighted by Gasteiger charge is 2.26. The van der Waals surface area contributed by atoms with Gasteiger partial charge in [0.2, 0.25) is 0 Å². The van der Waals surface area contributed by atoms with E-state index in [1.165, 1.54) is 25.8 Å². The van der Waals surface area contributed by atoms with Gasteiger partial charge in [0.05, 0.1) is 0 Å². The Balaban J connectivity index is 2.42. The summed E-state index contributed by atoms with van der Waals surface area (Å²) in [7, 11) is 0. The predicted octanol–water partition coefficient (Wildman–Crippen LogP) is 2.48. The molecule has 0 aromatic rings. The van der Waals surface area contributed by atoms with E-state index in [4.69, 9.17) is 5.73 Å². The van der Waals surface area contributed by atoms with Gasteiger partial charge in [0, 0.05) is 18.6 Å². The van der Waals surface area contributed by atoms with Crippen LogP contribution in [-0.2, 0) is 0 Å². The molecule has 0 aromatic heterocycles. The van der Waals surface area contributed by atoms with Crippen molar-refractivity contribution in [2.45, 2.75) is 59.0 Å². The van der Waals surface area contributed by atoms with Crippen LogP contribution < -0.4 is 5.73 Å². The normalized spacial score (nSPS) is 32.6. The lowest BCUT2D eigenvalue weighted by atomic mass is 9.90. The highest BCUT2D eigenvalue weighted by molar-refractivity contribution is 4.82. The number of nitrogens with two attached hydrogens (primary N) is 1. The van der Waals surface area contributed by atoms with E-state index in [2.05, 4.69) is 32.6 Å². The minimum Gasteiger partial charge on any atom is -0.326 e. The molecule has 1 heterocycles. The van der Waals surface area contributed by atoms with E-state index in [1.807, 2.05) is 0 Å². The van der Waals surface area contributed by atoms with Crippen molar-refractivity contribution in [3.05, 3.63) is 0 Å². The fourth-order valence-electron chi connectivity index (χ4n) is 2.43. The molecule has 90 valence electrons. The molecule has 2 nitrogen and oxygen atoms in total. The summed E-state index contributed by atoms with van der Waals surface area (Å²) in [6.45, 7) is 11.5. The molecule has 1 saturated heterocycles. The van der Waals surface area contributed by atoms with E-state index in [1.54, 1.807) is 0 Å². The molecule has 2 N–H and O–H groups in total. The lowest BCUT2D eigenvalue weighted by Gasteiger charge is -2.40. The second-order valence-corrected chi connectivity index (χ2v) is 5.40. The number of likely N-dealkylation sites (tertiary alicyclic amines) is 1. The monoisotopic (exact) mass is 212 g/mol. The molecular formula is C13H28N2. The van der Waals surface area contributed by atoms with Crippen LogP contribution in [0.15, 0.2) is 0 Å². The quantitative estimate of drug-likeness (QED) is 0.776. The van der Waals surface area contributed by atoms with Gasteiger partial charge in [0.1, 0.15) is 0 Å². The summed E-state index contributed by atoms with van der Waals surface area (Å²) in [4.78, 5) is 2.59. The van der Waals surface area contributed by atoms with Gasteiger partial charge in [-0.25, -0.2) is 0 Å². The molecular weight excluding hydrogens is 184 g/mol. The Bertz CT molecular complexity index is 181. The molecule has 0 radical (unpaired) electrons. The summed E-state index contributed by atoms with van der Waals surface area (Å²) < 4.78 is 0. The van der Waals surface area contributed by atoms with Gasteiger partial charge in [-0.3, -0.25) is 4.90 Å². The maximum Gasteiger partial charge on any atom is 0.0193 e. The summed E-state index contributed by atoms with van der Waals surface area (Å²) in [5.74, 6) is 1.48. The summed E-state index contributed by atoms with van der Waals surface area (Å²) in [6, 6.07) is 1.07. The van der Waals surface area contributed by atoms with Crippen LogP contribution in [0.25, 0.3) is 0 Å². The largest absolute Gasteiger partial charge is 0.326 e. The number of hydrogen-bond acceptors (Lipinski definition) is 2. The number of hydrogen-bond donors (Lipinski definition) is 1. The highest BCUT2D eigenvalue weighted by atomic mass is 15.2. The van der Waals surface area contributed by atoms with Crippen molar-refractivity contribution in [3.8, 4) is 0 Å². The van der Waals surface area contributed by atoms with Crippen molar-refractivity contribution in [1.82, 2.24) is 4.90 Å². The van der Waals surface area contributed by atoms with Crippen LogP contribution in [0.1, 0.15) is 47.0 Å². The third kappa shape index (κ3) is 3.46. The molecule has 1 rings (SSSR count). The van der Waals surface area contributed by atoms with Gasteiger partial charge in [0.25, 0.3) is 0 Å². The first-order valence-corrected chi connectivity index (χ1v) is 6.55. The summed E-state index contributed by atoms with van der Waals surface area (Å²) in [5, 5.41) is 0. The van der Waals surface area contributed by atoms with Crippen molar-refractivity contribution in [3.63, 3.8) is 0 Å². The molecule has 0 bridgehead atoms. The van der Waals surface area contributed by atoms with Gasteiger partial charge in [0.15, 0.2) is 0 Å². The van der Waals surface area contributed by atoms with Gasteiger partial charge < -0.3 is 5.73 Å². The molecule has 1 aliphatic heterocycles. The van der Waals surface area contributed by atoms with E-state index in [0.29, 0.717) is 18.0 Å². The van der Waals surface area contributed by atoms with E-state index in [-0.39, 0.29) is 0 Å². The van der Waals surface area contributed by atoms with E-state index < -0.39 is 0 Å². The van der Waals surface area contributed by atoms with Crippen LogP contribution >= 0.6 is 0 Å². The van der Waals surface area contributed by atoms with Crippen LogP contribution in [0, 0.1) is 11.8 Å². The van der Waals surface area contributed by atoms with Crippen molar-refractivity contribution in [2.24, 2.45) is 17.6 Å². The lowest BCUT2D eigenvalue weighted by molar-refractivity contribution is 0.0994. The van der Waals surface area contributed by atoms with Gasteiger partial charge in [-0.2, -0.15) is 0 Å². The number of piperidine rings is 1. The Morgan fingerprint density at radius 2 is 2.07 bits per heavy atom. The molecule has 15 heavy (non-hydrogen) atoms. The van der Waals surface area contributed by atoms with Gasteiger partial charge in [-0.05, 0) is 38.1 Å². The molecule has 0 spiro atoms. The van der Waals surface area contributed by atoms with Crippen molar-refractivity contribution in [2.75, 3.05) is 13.1 Å². The van der Waals surface area contributed by atoms with Crippen LogP contribution in [0.2, 0.25) is 0 Å². The topological polar surface area (TPSA) is 29.3 Å². The number of rotatable bonds is 4. The molecule has 4 atom stereocenters. The zero-order chi connectivity index (χ0) is 11.4. The Hall–Kier alpha value is -0.0800. The molecule has 0 amide bonds. The van der Waals surface area contributed by atoms with Crippen LogP contribution in [0.4, 0.5) is 0 Å². The maximum absolute atomic E-state index is 6.22. The molecule has 0 aliphatic carbocycles. The first-order valence-electron chi connectivity index (χ1n) is 6.55. The van der Waals surface area contributed by atoms with Gasteiger partial charge >= 0.3 is 0 Å². The predicted molar refractivity (Wildman–Crippen MR) is 66.9 cm³/mol. The second-order valence-electron chi connectivity index (χ2n) is 5.40. The third-order valence-electron chi connectivity index (χ3n) is 4.32. The zero-order valence-electron chi connectivity index (χ0n) is 10.9. The summed E-state index contributed by atoms with van der Waals surface area (Å²) in [5.41, 5.74) is 6.22. The first-order chi connectivity index (χ1) is 7.06. The fourth-order valence-corrected chi connectivity index (χ4v) is 2.43. The van der Waals surface area contributed by atoms with Crippen molar-refractivity contribution in [1.29, 1.82) is 0 Å². The summed E-state index contributed by atoms with van der Waals surface area (Å²) in [6.07, 6.45) is 3.92. The van der Waals surface area contributed by atoms with Crippen molar-refractivity contribution < 1.29 is 0 Å². The zero-order valence-corrected chi connectivity index (χ0v) is 10.9. The average molecular weight is 212 g/mol. The summed E-state index contributed by atoms with van der Waals surface area (Å²) >= 11 is 0. The number of nitrogens with zero attached hydrogens (tertiary/aromatic N) is 1. The Morgan fingerprint density at radius 3 is 2.67 bits per heavy atom. The average Bonchev–Trinajstić information content (AvgIpc) is 2.23. The molecule has 0 saturated carbocycles. The lowest BCUT2D eigenvalue weighted by Crippen LogP contribution is -2.49. The van der Waals surface area contributed by atoms with E-state index in [0.717, 1.165) is 12.5 Å². The SMILES string of the molecule is CCC(C)C(N)CN1CCCC(C)C1C. The molecule has 1 fully saturated rings. The minimum atomic E-state index is 0.350. The second kappa shape index (κ2) is 5.86. The molecule has 2 heteroatoms. The first kappa shape index (κ1) is 13.0. The van der Waals surface area contributed by atoms with E-state index in [9.17, 15) is 0 Å². The van der Waals surface area contributed by atoms with E-state index >= 15 is 0 Å². The highest BCUT2D eigenvalue weighted by Crippen LogP contribution is 2.23. The molecule has 1 aliphatic rings. The van der Waals surface area contributed by atoms with Gasteiger partial charge in [-0.15, -0.1) is 0 Å². The van der Waals surface area contributed by atoms with Crippen LogP contribution in [0.3, 0.4) is 0 Å². The van der Waals surface area contributed by atoms with Gasteiger partial charge in [-0.1, -0.05) is 27.2 Å². The Kier molecular flexibility index (Phi) is 5.07. The Morgan fingerprint density at radius 1 is 1.40 bits per heavy atom. The standard InChI is InChI=1S/C13H28N2/c1-5-10(2)13(14)9-15-8-6-7-11(3)12(15)4/h10-13H,5-9,14H2,1-4H3. The van der Waals surface area contributed by atoms with Crippen molar-refractivity contribution >= 4 is 0 Å². The molecule has 0 aromatic carbocycles. The fraction of sp³-hybridized carbons (Fsp3) is 1.00. The van der Waals surface area contributed by atoms with Crippen LogP contribution in [0.5, 0.6) is 0 Å². The Labute approximate surface area is 95.2 Å².